The number of non-ortho nitro benzene ring substituents is 1. The van der Waals surface area contributed by atoms with E-state index >= 15 is 0 Å². The molecule has 2 heterocycles. The van der Waals surface area contributed by atoms with E-state index in [1.54, 1.807) is 17.5 Å². The quantitative estimate of drug-likeness (QED) is 0.407. The maximum Gasteiger partial charge on any atom is 0.269 e. The fraction of sp³-hybridized carbons (Fsp3) is 0.273. The minimum atomic E-state index is -3.58. The monoisotopic (exact) mass is 486 g/mol. The number of benzene rings is 2. The molecule has 0 bridgehead atoms. The molecule has 1 N–H and O–H groups in total. The average Bonchev–Trinajstić information content (AvgIpc) is 3.27. The van der Waals surface area contributed by atoms with Crippen LogP contribution in [0.5, 0.6) is 0 Å². The van der Waals surface area contributed by atoms with Crippen LogP contribution in [0.4, 0.5) is 10.8 Å². The summed E-state index contributed by atoms with van der Waals surface area (Å²) in [5.74, 6) is -0.0806. The number of nitro benzene ring substituents is 1. The fourth-order valence-corrected chi connectivity index (χ4v) is 5.99. The molecule has 0 saturated carbocycles. The van der Waals surface area contributed by atoms with E-state index in [9.17, 15) is 23.3 Å². The van der Waals surface area contributed by atoms with Crippen molar-refractivity contribution in [1.29, 1.82) is 0 Å². The van der Waals surface area contributed by atoms with Gasteiger partial charge in [-0.1, -0.05) is 6.92 Å². The predicted molar refractivity (Wildman–Crippen MR) is 126 cm³/mol. The van der Waals surface area contributed by atoms with Crippen LogP contribution in [0.1, 0.15) is 30.1 Å². The van der Waals surface area contributed by atoms with Crippen molar-refractivity contribution < 1.29 is 18.1 Å². The number of rotatable bonds is 6. The lowest BCUT2D eigenvalue weighted by Gasteiger charge is -2.30. The molecule has 4 rings (SSSR count). The molecule has 1 aromatic heterocycles. The molecule has 33 heavy (non-hydrogen) atoms. The van der Waals surface area contributed by atoms with Gasteiger partial charge >= 0.3 is 0 Å². The summed E-state index contributed by atoms with van der Waals surface area (Å²) < 4.78 is 27.3. The minimum Gasteiger partial charge on any atom is -0.298 e. The summed E-state index contributed by atoms with van der Waals surface area (Å²) >= 11 is 1.22. The van der Waals surface area contributed by atoms with Gasteiger partial charge in [-0.25, -0.2) is 13.4 Å². The normalized spacial score (nSPS) is 16.9. The number of hydrogen-bond donors (Lipinski definition) is 1. The van der Waals surface area contributed by atoms with Crippen LogP contribution < -0.4 is 5.32 Å². The number of nitrogens with zero attached hydrogens (tertiary/aromatic N) is 3. The first-order chi connectivity index (χ1) is 15.7. The maximum atomic E-state index is 12.9. The number of aromatic nitrogens is 1. The number of nitrogens with one attached hydrogen (secondary N) is 1. The van der Waals surface area contributed by atoms with E-state index in [4.69, 9.17) is 0 Å². The highest BCUT2D eigenvalue weighted by molar-refractivity contribution is 7.89. The topological polar surface area (TPSA) is 123 Å². The number of carbonyl (C=O) groups is 1. The van der Waals surface area contributed by atoms with Gasteiger partial charge in [0.15, 0.2) is 5.13 Å². The van der Waals surface area contributed by atoms with Crippen molar-refractivity contribution in [3.05, 3.63) is 69.6 Å². The molecule has 0 spiro atoms. The van der Waals surface area contributed by atoms with Crippen molar-refractivity contribution >= 4 is 38.1 Å². The Bertz CT molecular complexity index is 1270. The molecule has 1 amide bonds. The average molecular weight is 487 g/mol. The van der Waals surface area contributed by atoms with Gasteiger partial charge in [0.1, 0.15) is 0 Å². The van der Waals surface area contributed by atoms with Gasteiger partial charge in [0, 0.05) is 41.7 Å². The van der Waals surface area contributed by atoms with E-state index in [1.807, 2.05) is 6.92 Å². The standard InChI is InChI=1S/C22H22N4O5S2/c1-15-3-2-12-25(13-15)33(30,31)19-10-6-17(7-11-19)21(27)24-22-23-20(14-32-22)16-4-8-18(9-5-16)26(28)29/h4-11,14-15H,2-3,12-13H2,1H3,(H,23,24,27). The Morgan fingerprint density at radius 1 is 1.18 bits per heavy atom. The van der Waals surface area contributed by atoms with E-state index in [-0.39, 0.29) is 10.6 Å². The van der Waals surface area contributed by atoms with Gasteiger partial charge in [0.05, 0.1) is 15.5 Å². The Balaban J connectivity index is 1.43. The minimum absolute atomic E-state index is 0.0113. The summed E-state index contributed by atoms with van der Waals surface area (Å²) in [5.41, 5.74) is 1.58. The molecule has 1 unspecified atom stereocenters. The van der Waals surface area contributed by atoms with Crippen molar-refractivity contribution in [1.82, 2.24) is 9.29 Å². The first kappa shape index (κ1) is 23.0. The molecule has 3 aromatic rings. The van der Waals surface area contributed by atoms with Crippen LogP contribution in [-0.4, -0.2) is 41.6 Å². The molecule has 9 nitrogen and oxygen atoms in total. The smallest absolute Gasteiger partial charge is 0.269 e. The number of thiazole rings is 1. The predicted octanol–water partition coefficient (Wildman–Crippen LogP) is 4.39. The zero-order valence-electron chi connectivity index (χ0n) is 17.8. The Kier molecular flexibility index (Phi) is 6.54. The maximum absolute atomic E-state index is 12.9. The Hall–Kier alpha value is -3.15. The zero-order valence-corrected chi connectivity index (χ0v) is 19.4. The lowest BCUT2D eigenvalue weighted by atomic mass is 10.0. The molecule has 1 aliphatic heterocycles. The number of sulfonamides is 1. The molecule has 0 radical (unpaired) electrons. The summed E-state index contributed by atoms with van der Waals surface area (Å²) in [6, 6.07) is 11.9. The molecule has 1 atom stereocenters. The Morgan fingerprint density at radius 2 is 1.88 bits per heavy atom. The van der Waals surface area contributed by atoms with Crippen LogP contribution in [0.15, 0.2) is 58.8 Å². The third kappa shape index (κ3) is 5.10. The lowest BCUT2D eigenvalue weighted by Crippen LogP contribution is -2.39. The van der Waals surface area contributed by atoms with Gasteiger partial charge in [-0.05, 0) is 55.2 Å². The molecule has 1 aliphatic rings. The van der Waals surface area contributed by atoms with Crippen molar-refractivity contribution in [3.8, 4) is 11.3 Å². The number of amides is 1. The number of piperidine rings is 1. The second kappa shape index (κ2) is 9.38. The summed E-state index contributed by atoms with van der Waals surface area (Å²) in [6.45, 7) is 3.06. The molecule has 0 aliphatic carbocycles. The summed E-state index contributed by atoms with van der Waals surface area (Å²) in [6.07, 6.45) is 1.87. The Labute approximate surface area is 195 Å². The van der Waals surface area contributed by atoms with E-state index in [2.05, 4.69) is 10.3 Å². The van der Waals surface area contributed by atoms with Gasteiger partial charge in [-0.3, -0.25) is 20.2 Å². The fourth-order valence-electron chi connectivity index (χ4n) is 3.68. The molecule has 172 valence electrons. The molecular weight excluding hydrogens is 464 g/mol. The molecule has 11 heteroatoms. The van der Waals surface area contributed by atoms with Crippen LogP contribution >= 0.6 is 11.3 Å². The molecule has 1 fully saturated rings. The van der Waals surface area contributed by atoms with Crippen LogP contribution in [0.25, 0.3) is 11.3 Å². The van der Waals surface area contributed by atoms with E-state index in [1.165, 1.54) is 52.0 Å². The molecular formula is C22H22N4O5S2. The highest BCUT2D eigenvalue weighted by Gasteiger charge is 2.28. The molecule has 2 aromatic carbocycles. The summed E-state index contributed by atoms with van der Waals surface area (Å²) in [7, 11) is -3.58. The van der Waals surface area contributed by atoms with Crippen LogP contribution in [0, 0.1) is 16.0 Å². The van der Waals surface area contributed by atoms with E-state index in [0.29, 0.717) is 41.0 Å². The van der Waals surface area contributed by atoms with Crippen LogP contribution in [0.3, 0.4) is 0 Å². The zero-order chi connectivity index (χ0) is 23.6. The van der Waals surface area contributed by atoms with Crippen LogP contribution in [-0.2, 0) is 10.0 Å². The highest BCUT2D eigenvalue weighted by atomic mass is 32.2. The summed E-state index contributed by atoms with van der Waals surface area (Å²) in [4.78, 5) is 27.4. The first-order valence-corrected chi connectivity index (χ1v) is 12.7. The van der Waals surface area contributed by atoms with Crippen molar-refractivity contribution in [2.24, 2.45) is 5.92 Å². The van der Waals surface area contributed by atoms with Gasteiger partial charge in [-0.2, -0.15) is 4.31 Å². The SMILES string of the molecule is CC1CCCN(S(=O)(=O)c2ccc(C(=O)Nc3nc(-c4ccc([N+](=O)[O-])cc4)cs3)cc2)C1. The number of anilines is 1. The number of carbonyl (C=O) groups excluding carboxylic acids is 1. The Morgan fingerprint density at radius 3 is 2.52 bits per heavy atom. The van der Waals surface area contributed by atoms with Crippen molar-refractivity contribution in [3.63, 3.8) is 0 Å². The second-order valence-electron chi connectivity index (χ2n) is 7.93. The third-order valence-electron chi connectivity index (χ3n) is 5.47. The van der Waals surface area contributed by atoms with E-state index in [0.717, 1.165) is 12.8 Å². The van der Waals surface area contributed by atoms with E-state index < -0.39 is 20.9 Å². The third-order valence-corrected chi connectivity index (χ3v) is 8.11. The van der Waals surface area contributed by atoms with Crippen LogP contribution in [0.2, 0.25) is 0 Å². The van der Waals surface area contributed by atoms with Gasteiger partial charge < -0.3 is 0 Å². The van der Waals surface area contributed by atoms with Gasteiger partial charge in [0.25, 0.3) is 11.6 Å². The number of nitro groups is 1. The van der Waals surface area contributed by atoms with Gasteiger partial charge in [-0.15, -0.1) is 11.3 Å². The largest absolute Gasteiger partial charge is 0.298 e. The second-order valence-corrected chi connectivity index (χ2v) is 10.7. The first-order valence-electron chi connectivity index (χ1n) is 10.4. The molecule has 1 saturated heterocycles. The number of hydrogen-bond acceptors (Lipinski definition) is 7. The van der Waals surface area contributed by atoms with Crippen molar-refractivity contribution in [2.45, 2.75) is 24.7 Å². The highest BCUT2D eigenvalue weighted by Crippen LogP contribution is 2.27. The lowest BCUT2D eigenvalue weighted by molar-refractivity contribution is -0.384. The van der Waals surface area contributed by atoms with Gasteiger partial charge in [0.2, 0.25) is 10.0 Å². The summed E-state index contributed by atoms with van der Waals surface area (Å²) in [5, 5.41) is 15.6. The van der Waals surface area contributed by atoms with Crippen molar-refractivity contribution in [2.75, 3.05) is 18.4 Å².